The summed E-state index contributed by atoms with van der Waals surface area (Å²) in [6.07, 6.45) is 4.38. The summed E-state index contributed by atoms with van der Waals surface area (Å²) in [4.78, 5) is 0. The predicted octanol–water partition coefficient (Wildman–Crippen LogP) is 7.67. The lowest BCUT2D eigenvalue weighted by atomic mass is 9.80. The summed E-state index contributed by atoms with van der Waals surface area (Å²) in [5, 5.41) is 0. The molecule has 0 nitrogen and oxygen atoms in total. The summed E-state index contributed by atoms with van der Waals surface area (Å²) in [7, 11) is -3.16. The van der Waals surface area contributed by atoms with E-state index in [2.05, 4.69) is 81.4 Å². The van der Waals surface area contributed by atoms with Crippen molar-refractivity contribution < 1.29 is 0 Å². The topological polar surface area (TPSA) is 0 Å². The molecule has 4 rings (SSSR count). The van der Waals surface area contributed by atoms with Crippen molar-refractivity contribution in [2.75, 3.05) is 0 Å². The van der Waals surface area contributed by atoms with Crippen molar-refractivity contribution in [2.45, 2.75) is 65.0 Å². The maximum atomic E-state index is 7.31. The van der Waals surface area contributed by atoms with Crippen molar-refractivity contribution in [1.82, 2.24) is 0 Å². The number of halogens is 1. The molecule has 2 aliphatic carbocycles. The summed E-state index contributed by atoms with van der Waals surface area (Å²) in [6, 6.07) is 14.4. The molecule has 0 aliphatic heterocycles. The van der Waals surface area contributed by atoms with Gasteiger partial charge in [-0.25, -0.2) is 0 Å². The van der Waals surface area contributed by atoms with Gasteiger partial charge in [0, 0.05) is 4.66 Å². The first kappa shape index (κ1) is 20.9. The molecule has 4 bridgehead atoms. The number of allylic oxidation sites excluding steroid dienone is 2. The summed E-state index contributed by atoms with van der Waals surface area (Å²) in [6.45, 7) is 14.4. The van der Waals surface area contributed by atoms with Crippen LogP contribution in [-0.2, 0) is 25.7 Å². The Labute approximate surface area is 183 Å². The van der Waals surface area contributed by atoms with E-state index < -0.39 is 16.1 Å². The highest BCUT2D eigenvalue weighted by atomic mass is 35.5. The SMILES string of the molecule is C[Si](C)(C)/C=C1\C(=C(/Cl)[Si](C)(C)C)c2cc3ccc2CCc2ccc(cc21)CC3. The number of fused-ring (bicyclic) bond motifs is 3. The molecule has 0 radical (unpaired) electrons. The van der Waals surface area contributed by atoms with Crippen molar-refractivity contribution in [3.8, 4) is 0 Å². The van der Waals surface area contributed by atoms with Gasteiger partial charge in [0.15, 0.2) is 0 Å². The average molecular weight is 437 g/mol. The molecule has 2 aromatic rings. The van der Waals surface area contributed by atoms with Crippen molar-refractivity contribution in [3.05, 3.63) is 80.1 Å². The van der Waals surface area contributed by atoms with Gasteiger partial charge in [0.1, 0.15) is 0 Å². The minimum absolute atomic E-state index is 1.08. The zero-order valence-electron chi connectivity index (χ0n) is 18.7. The zero-order valence-corrected chi connectivity index (χ0v) is 21.5. The molecule has 0 aromatic heterocycles. The predicted molar refractivity (Wildman–Crippen MR) is 135 cm³/mol. The van der Waals surface area contributed by atoms with E-state index in [0.717, 1.165) is 30.3 Å². The minimum Gasteiger partial charge on any atom is -0.0936 e. The summed E-state index contributed by atoms with van der Waals surface area (Å²) in [5.41, 5.74) is 14.0. The maximum absolute atomic E-state index is 7.31. The molecule has 2 aliphatic rings. The lowest BCUT2D eigenvalue weighted by Gasteiger charge is -2.30. The van der Waals surface area contributed by atoms with Gasteiger partial charge in [0.2, 0.25) is 0 Å². The third kappa shape index (κ3) is 4.26. The molecule has 0 saturated heterocycles. The minimum atomic E-state index is -1.69. The number of hydrogen-bond acceptors (Lipinski definition) is 0. The Balaban J connectivity index is 2.18. The van der Waals surface area contributed by atoms with Crippen LogP contribution in [0.15, 0.2) is 46.8 Å². The molecule has 0 amide bonds. The fourth-order valence-corrected chi connectivity index (χ4v) is 6.90. The standard InChI is InChI=1S/C26H33ClSi2/c1-28(2,3)17-24-22-15-18-7-8-19-10-12-21(14-13-20(22)11-9-18)23(16-19)25(24)26(27)29(4,5)6/h9-12,15-17H,7-8,13-14H2,1-6H3/b24-17-,26-25+. The number of hydrogen-bond donors (Lipinski definition) is 0. The van der Waals surface area contributed by atoms with E-state index in [9.17, 15) is 0 Å². The van der Waals surface area contributed by atoms with Gasteiger partial charge in [-0.05, 0) is 70.2 Å². The van der Waals surface area contributed by atoms with E-state index in [4.69, 9.17) is 11.6 Å². The van der Waals surface area contributed by atoms with Gasteiger partial charge in [0.05, 0.1) is 16.1 Å². The number of rotatable bonds is 2. The van der Waals surface area contributed by atoms with E-state index in [1.54, 1.807) is 0 Å². The van der Waals surface area contributed by atoms with Crippen molar-refractivity contribution in [2.24, 2.45) is 0 Å². The zero-order chi connectivity index (χ0) is 21.0. The average Bonchev–Trinajstić information content (AvgIpc) is 2.60. The molecule has 0 atom stereocenters. The van der Waals surface area contributed by atoms with Crippen LogP contribution in [-0.4, -0.2) is 16.1 Å². The highest BCUT2D eigenvalue weighted by molar-refractivity contribution is 6.93. The van der Waals surface area contributed by atoms with Crippen LogP contribution in [0.4, 0.5) is 0 Å². The Morgan fingerprint density at radius 1 is 0.759 bits per heavy atom. The Hall–Kier alpha value is -1.36. The molecule has 0 spiro atoms. The molecule has 2 aromatic carbocycles. The summed E-state index contributed by atoms with van der Waals surface area (Å²) >= 11 is 7.31. The van der Waals surface area contributed by atoms with Crippen LogP contribution in [0, 0.1) is 0 Å². The van der Waals surface area contributed by atoms with Gasteiger partial charge in [-0.1, -0.05) is 93.0 Å². The van der Waals surface area contributed by atoms with Crippen LogP contribution < -0.4 is 0 Å². The Kier molecular flexibility index (Phi) is 5.34. The van der Waals surface area contributed by atoms with Gasteiger partial charge in [-0.2, -0.15) is 0 Å². The van der Waals surface area contributed by atoms with E-state index in [0.29, 0.717) is 0 Å². The second kappa shape index (κ2) is 7.40. The molecule has 152 valence electrons. The normalized spacial score (nSPS) is 19.5. The quantitative estimate of drug-likeness (QED) is 0.423. The van der Waals surface area contributed by atoms with E-state index in [-0.39, 0.29) is 0 Å². The lowest BCUT2D eigenvalue weighted by molar-refractivity contribution is 0.911. The van der Waals surface area contributed by atoms with Crippen molar-refractivity contribution in [1.29, 1.82) is 0 Å². The van der Waals surface area contributed by atoms with Gasteiger partial charge < -0.3 is 0 Å². The van der Waals surface area contributed by atoms with Gasteiger partial charge in [0.25, 0.3) is 0 Å². The number of benzene rings is 2. The van der Waals surface area contributed by atoms with Crippen molar-refractivity contribution >= 4 is 38.9 Å². The summed E-state index contributed by atoms with van der Waals surface area (Å²) < 4.78 is 1.12. The van der Waals surface area contributed by atoms with Crippen LogP contribution in [0.2, 0.25) is 39.3 Å². The van der Waals surface area contributed by atoms with Crippen molar-refractivity contribution in [3.63, 3.8) is 0 Å². The molecular weight excluding hydrogens is 404 g/mol. The second-order valence-corrected chi connectivity index (χ2v) is 21.6. The van der Waals surface area contributed by atoms with Crippen LogP contribution in [0.3, 0.4) is 0 Å². The molecule has 3 heteroatoms. The first-order valence-corrected chi connectivity index (χ1v) is 18.4. The van der Waals surface area contributed by atoms with Gasteiger partial charge >= 0.3 is 0 Å². The van der Waals surface area contributed by atoms with E-state index >= 15 is 0 Å². The molecule has 0 saturated carbocycles. The monoisotopic (exact) mass is 436 g/mol. The fraction of sp³-hybridized carbons (Fsp3) is 0.385. The third-order valence-electron chi connectivity index (χ3n) is 6.00. The largest absolute Gasteiger partial charge is 0.0936 e. The second-order valence-electron chi connectivity index (χ2n) is 10.8. The smallest absolute Gasteiger partial charge is 0.0930 e. The highest BCUT2D eigenvalue weighted by Crippen LogP contribution is 2.44. The molecule has 29 heavy (non-hydrogen) atoms. The molecular formula is C26H33ClSi2. The molecule has 0 unspecified atom stereocenters. The van der Waals surface area contributed by atoms with Gasteiger partial charge in [-0.3, -0.25) is 0 Å². The maximum Gasteiger partial charge on any atom is 0.0930 e. The van der Waals surface area contributed by atoms with E-state index in [1.165, 1.54) is 44.5 Å². The Morgan fingerprint density at radius 3 is 1.79 bits per heavy atom. The van der Waals surface area contributed by atoms with Crippen LogP contribution in [0.25, 0.3) is 11.1 Å². The van der Waals surface area contributed by atoms with Crippen LogP contribution >= 0.6 is 11.6 Å². The third-order valence-corrected chi connectivity index (χ3v) is 10.6. The Morgan fingerprint density at radius 2 is 1.28 bits per heavy atom. The Bertz CT molecular complexity index is 1030. The molecule has 0 fully saturated rings. The van der Waals surface area contributed by atoms with E-state index in [1.807, 2.05) is 0 Å². The fourth-order valence-electron chi connectivity index (χ4n) is 4.51. The highest BCUT2D eigenvalue weighted by Gasteiger charge is 2.30. The first-order chi connectivity index (χ1) is 13.5. The summed E-state index contributed by atoms with van der Waals surface area (Å²) in [5.74, 6) is 0. The number of aryl methyl sites for hydroxylation is 4. The van der Waals surface area contributed by atoms with Crippen LogP contribution in [0.5, 0.6) is 0 Å². The first-order valence-electron chi connectivity index (χ1n) is 10.9. The van der Waals surface area contributed by atoms with Crippen LogP contribution in [0.1, 0.15) is 33.4 Å². The molecule has 0 heterocycles. The molecule has 0 N–H and O–H groups in total. The lowest BCUT2D eigenvalue weighted by Crippen LogP contribution is -2.24. The van der Waals surface area contributed by atoms with Gasteiger partial charge in [-0.15, -0.1) is 0 Å².